The van der Waals surface area contributed by atoms with E-state index in [0.717, 1.165) is 5.56 Å². The predicted molar refractivity (Wildman–Crippen MR) is 92.5 cm³/mol. The highest BCUT2D eigenvalue weighted by atomic mass is 32.1. The van der Waals surface area contributed by atoms with Gasteiger partial charge in [0.25, 0.3) is 5.91 Å². The van der Waals surface area contributed by atoms with E-state index in [1.54, 1.807) is 48.7 Å². The minimum atomic E-state index is -0.688. The molecule has 2 aromatic carbocycles. The number of anilines is 1. The number of benzene rings is 2. The van der Waals surface area contributed by atoms with E-state index >= 15 is 0 Å². The van der Waals surface area contributed by atoms with E-state index in [-0.39, 0.29) is 17.4 Å². The van der Waals surface area contributed by atoms with Gasteiger partial charge < -0.3 is 10.4 Å². The van der Waals surface area contributed by atoms with E-state index in [9.17, 15) is 14.3 Å². The zero-order valence-corrected chi connectivity index (χ0v) is 13.7. The zero-order chi connectivity index (χ0) is 17.1. The fourth-order valence-corrected chi connectivity index (χ4v) is 3.07. The highest BCUT2D eigenvalue weighted by molar-refractivity contribution is 7.13. The van der Waals surface area contributed by atoms with E-state index in [1.165, 1.54) is 23.5 Å². The van der Waals surface area contributed by atoms with Crippen molar-refractivity contribution in [2.75, 3.05) is 5.32 Å². The standard InChI is InChI=1S/C18H15FN2O2S/c1-11(22)14-4-2-3-5-15(14)20-17(23)16-10-24-18(21-16)12-6-8-13(19)9-7-12/h2-11,22H,1H3,(H,20,23). The minimum absolute atomic E-state index is 0.278. The van der Waals surface area contributed by atoms with Crippen molar-refractivity contribution < 1.29 is 14.3 Å². The second-order valence-corrected chi connectivity index (χ2v) is 6.12. The molecule has 0 bridgehead atoms. The van der Waals surface area contributed by atoms with Gasteiger partial charge in [-0.05, 0) is 37.3 Å². The van der Waals surface area contributed by atoms with Gasteiger partial charge in [0, 0.05) is 22.2 Å². The van der Waals surface area contributed by atoms with Crippen LogP contribution in [0.15, 0.2) is 53.9 Å². The van der Waals surface area contributed by atoms with Gasteiger partial charge in [-0.3, -0.25) is 4.79 Å². The first-order valence-corrected chi connectivity index (χ1v) is 8.22. The van der Waals surface area contributed by atoms with Gasteiger partial charge in [-0.25, -0.2) is 9.37 Å². The van der Waals surface area contributed by atoms with Crippen LogP contribution in [-0.4, -0.2) is 16.0 Å². The number of thiazole rings is 1. The number of nitrogens with zero attached hydrogens (tertiary/aromatic N) is 1. The van der Waals surface area contributed by atoms with Gasteiger partial charge in [-0.15, -0.1) is 11.3 Å². The van der Waals surface area contributed by atoms with Gasteiger partial charge >= 0.3 is 0 Å². The second kappa shape index (κ2) is 6.90. The summed E-state index contributed by atoms with van der Waals surface area (Å²) >= 11 is 1.31. The van der Waals surface area contributed by atoms with E-state index in [4.69, 9.17) is 0 Å². The summed E-state index contributed by atoms with van der Waals surface area (Å²) in [5, 5.41) is 14.8. The van der Waals surface area contributed by atoms with Crippen molar-refractivity contribution in [1.82, 2.24) is 4.98 Å². The summed E-state index contributed by atoms with van der Waals surface area (Å²) in [7, 11) is 0. The van der Waals surface area contributed by atoms with Crippen LogP contribution < -0.4 is 5.32 Å². The van der Waals surface area contributed by atoms with Gasteiger partial charge in [0.1, 0.15) is 16.5 Å². The van der Waals surface area contributed by atoms with E-state index < -0.39 is 6.10 Å². The van der Waals surface area contributed by atoms with Crippen LogP contribution in [0.25, 0.3) is 10.6 Å². The van der Waals surface area contributed by atoms with Gasteiger partial charge in [0.05, 0.1) is 6.10 Å². The van der Waals surface area contributed by atoms with Crippen molar-refractivity contribution >= 4 is 22.9 Å². The fourth-order valence-electron chi connectivity index (χ4n) is 2.26. The molecular formula is C18H15FN2O2S. The van der Waals surface area contributed by atoms with Gasteiger partial charge in [0.2, 0.25) is 0 Å². The molecule has 1 unspecified atom stereocenters. The van der Waals surface area contributed by atoms with Crippen LogP contribution in [0.4, 0.5) is 10.1 Å². The molecule has 0 fully saturated rings. The third-order valence-electron chi connectivity index (χ3n) is 3.49. The molecule has 3 aromatic rings. The maximum Gasteiger partial charge on any atom is 0.275 e. The van der Waals surface area contributed by atoms with Crippen LogP contribution >= 0.6 is 11.3 Å². The van der Waals surface area contributed by atoms with E-state index in [2.05, 4.69) is 10.3 Å². The smallest absolute Gasteiger partial charge is 0.275 e. The molecular weight excluding hydrogens is 327 g/mol. The number of halogens is 1. The Morgan fingerprint density at radius 3 is 2.62 bits per heavy atom. The number of aromatic nitrogens is 1. The van der Waals surface area contributed by atoms with E-state index in [1.807, 2.05) is 0 Å². The first-order valence-electron chi connectivity index (χ1n) is 7.34. The zero-order valence-electron chi connectivity index (χ0n) is 12.9. The van der Waals surface area contributed by atoms with Crippen LogP contribution in [0.2, 0.25) is 0 Å². The normalized spacial score (nSPS) is 12.0. The van der Waals surface area contributed by atoms with Crippen molar-refractivity contribution in [2.24, 2.45) is 0 Å². The summed E-state index contributed by atoms with van der Waals surface area (Å²) in [5.74, 6) is -0.671. The van der Waals surface area contributed by atoms with E-state index in [0.29, 0.717) is 16.3 Å². The summed E-state index contributed by atoms with van der Waals surface area (Å²) in [4.78, 5) is 16.7. The number of aliphatic hydroxyl groups is 1. The second-order valence-electron chi connectivity index (χ2n) is 5.26. The number of nitrogens with one attached hydrogen (secondary N) is 1. The predicted octanol–water partition coefficient (Wildman–Crippen LogP) is 4.25. The van der Waals surface area contributed by atoms with Gasteiger partial charge in [-0.2, -0.15) is 0 Å². The Kier molecular flexibility index (Phi) is 4.69. The molecule has 6 heteroatoms. The molecule has 3 rings (SSSR count). The van der Waals surface area contributed by atoms with Crippen molar-refractivity contribution in [3.63, 3.8) is 0 Å². The van der Waals surface area contributed by atoms with Crippen molar-refractivity contribution in [3.05, 3.63) is 71.0 Å². The lowest BCUT2D eigenvalue weighted by Gasteiger charge is -2.12. The van der Waals surface area contributed by atoms with Crippen LogP contribution in [0, 0.1) is 5.82 Å². The van der Waals surface area contributed by atoms with Crippen LogP contribution in [0.5, 0.6) is 0 Å². The molecule has 0 saturated carbocycles. The van der Waals surface area contributed by atoms with Crippen LogP contribution in [0.1, 0.15) is 29.1 Å². The molecule has 0 aliphatic carbocycles. The van der Waals surface area contributed by atoms with Gasteiger partial charge in [0.15, 0.2) is 0 Å². The summed E-state index contributed by atoms with van der Waals surface area (Å²) in [5.41, 5.74) is 2.22. The first-order chi connectivity index (χ1) is 11.5. The Morgan fingerprint density at radius 1 is 1.21 bits per heavy atom. The number of carbonyl (C=O) groups is 1. The molecule has 0 aliphatic rings. The SMILES string of the molecule is CC(O)c1ccccc1NC(=O)c1csc(-c2ccc(F)cc2)n1. The van der Waals surface area contributed by atoms with Crippen LogP contribution in [-0.2, 0) is 0 Å². The molecule has 0 aliphatic heterocycles. The van der Waals surface area contributed by atoms with Crippen molar-refractivity contribution in [3.8, 4) is 10.6 Å². The molecule has 2 N–H and O–H groups in total. The summed E-state index contributed by atoms with van der Waals surface area (Å²) in [6, 6.07) is 13.0. The number of amides is 1. The van der Waals surface area contributed by atoms with Gasteiger partial charge in [-0.1, -0.05) is 18.2 Å². The monoisotopic (exact) mass is 342 g/mol. The highest BCUT2D eigenvalue weighted by Crippen LogP contribution is 2.26. The maximum absolute atomic E-state index is 13.0. The molecule has 0 saturated heterocycles. The molecule has 122 valence electrons. The summed E-state index contributed by atoms with van der Waals surface area (Å²) in [6.45, 7) is 1.64. The third-order valence-corrected chi connectivity index (χ3v) is 4.38. The lowest BCUT2D eigenvalue weighted by Crippen LogP contribution is -2.14. The number of aliphatic hydroxyl groups excluding tert-OH is 1. The minimum Gasteiger partial charge on any atom is -0.389 e. The number of hydrogen-bond donors (Lipinski definition) is 2. The highest BCUT2D eigenvalue weighted by Gasteiger charge is 2.15. The Bertz CT molecular complexity index is 859. The lowest BCUT2D eigenvalue weighted by atomic mass is 10.1. The number of carbonyl (C=O) groups excluding carboxylic acids is 1. The lowest BCUT2D eigenvalue weighted by molar-refractivity contribution is 0.102. The average molecular weight is 342 g/mol. The molecule has 0 radical (unpaired) electrons. The Labute approximate surface area is 142 Å². The van der Waals surface area contributed by atoms with Crippen LogP contribution in [0.3, 0.4) is 0 Å². The molecule has 1 atom stereocenters. The van der Waals surface area contributed by atoms with Crippen molar-refractivity contribution in [2.45, 2.75) is 13.0 Å². The molecule has 24 heavy (non-hydrogen) atoms. The molecule has 1 amide bonds. The summed E-state index contributed by atoms with van der Waals surface area (Å²) in [6.07, 6.45) is -0.688. The third kappa shape index (κ3) is 3.50. The Morgan fingerprint density at radius 2 is 1.92 bits per heavy atom. The topological polar surface area (TPSA) is 62.2 Å². The molecule has 0 spiro atoms. The summed E-state index contributed by atoms with van der Waals surface area (Å²) < 4.78 is 13.0. The fraction of sp³-hybridized carbons (Fsp3) is 0.111. The number of para-hydroxylation sites is 1. The van der Waals surface area contributed by atoms with Crippen molar-refractivity contribution in [1.29, 1.82) is 0 Å². The average Bonchev–Trinajstić information content (AvgIpc) is 3.06. The maximum atomic E-state index is 13.0. The number of rotatable bonds is 4. The molecule has 1 aromatic heterocycles. The molecule has 4 nitrogen and oxygen atoms in total. The number of hydrogen-bond acceptors (Lipinski definition) is 4. The Hall–Kier alpha value is -2.57. The first kappa shape index (κ1) is 16.3. The Balaban J connectivity index is 1.81. The quantitative estimate of drug-likeness (QED) is 0.745. The largest absolute Gasteiger partial charge is 0.389 e. The molecule has 1 heterocycles.